The molecule has 0 rings (SSSR count). The number of unbranched alkanes of at least 4 members (excludes halogenated alkanes) is 43. The Hall–Kier alpha value is -1.94. The largest absolute Gasteiger partial charge is 0.472 e. The van der Waals surface area contributed by atoms with Gasteiger partial charge in [0.05, 0.1) is 26.4 Å². The number of rotatable bonds is 72. The fourth-order valence-corrected chi connectivity index (χ4v) is 12.5. The summed E-state index contributed by atoms with van der Waals surface area (Å²) >= 11 is 0. The Kier molecular flexibility index (Phi) is 64.0. The van der Waals surface area contributed by atoms with E-state index in [4.69, 9.17) is 37.0 Å². The Bertz CT molecular complexity index is 1760. The molecule has 0 aromatic carbocycles. The van der Waals surface area contributed by atoms with Crippen molar-refractivity contribution in [2.45, 2.75) is 393 Å². The summed E-state index contributed by atoms with van der Waals surface area (Å²) in [5.74, 6) is -1.40. The molecular weight excluding hydrogens is 1200 g/mol. The highest BCUT2D eigenvalue weighted by Crippen LogP contribution is 2.45. The average Bonchev–Trinajstić information content (AvgIpc) is 3.74. The third-order valence-corrected chi connectivity index (χ3v) is 19.0. The zero-order valence-corrected chi connectivity index (χ0v) is 60.8. The molecule has 3 N–H and O–H groups in total. The molecule has 19 heteroatoms. The number of ether oxygens (including phenoxy) is 4. The predicted octanol–water partition coefficient (Wildman–Crippen LogP) is 20.9. The molecule has 0 fully saturated rings. The van der Waals surface area contributed by atoms with Crippen LogP contribution in [-0.4, -0.2) is 96.7 Å². The number of aliphatic hydroxyl groups excluding tert-OH is 1. The SMILES string of the molecule is CCCCCCCCCCCCCCCCCCCCC(=O)O[C@H](COC(=O)CCCCCCCCCCCCCCC)COP(=O)(O)OC[C@@H](O)COP(=O)(O)OC[C@@H](COC(=O)CCCCCCCCCCCC)OC(=O)CCCCCCCCC(C)CC. The van der Waals surface area contributed by atoms with E-state index in [0.29, 0.717) is 25.7 Å². The van der Waals surface area contributed by atoms with Crippen molar-refractivity contribution in [1.82, 2.24) is 0 Å². The lowest BCUT2D eigenvalue weighted by Gasteiger charge is -2.21. The van der Waals surface area contributed by atoms with E-state index < -0.39 is 97.5 Å². The summed E-state index contributed by atoms with van der Waals surface area (Å²) in [5.41, 5.74) is 0. The van der Waals surface area contributed by atoms with E-state index in [-0.39, 0.29) is 25.7 Å². The number of hydrogen-bond acceptors (Lipinski definition) is 15. The standard InChI is InChI=1S/C72H140O17P2/c1-6-10-13-16-19-22-25-27-28-29-30-31-33-35-38-41-47-52-57-71(76)88-67(61-82-70(75)56-51-46-40-37-34-32-26-23-20-17-14-11-7-2)63-86-90(78,79)84-59-66(73)60-85-91(80,81)87-64-68(89-72(77)58-53-48-43-42-44-49-54-65(5)9-4)62-83-69(74)55-50-45-39-36-24-21-18-15-12-8-3/h65-68,73H,6-64H2,1-5H3,(H,78,79)(H,80,81)/t65?,66-,67-,68-/m1/s1. The van der Waals surface area contributed by atoms with E-state index in [9.17, 15) is 43.2 Å². The summed E-state index contributed by atoms with van der Waals surface area (Å²) in [5, 5.41) is 10.6. The summed E-state index contributed by atoms with van der Waals surface area (Å²) in [6.07, 6.45) is 52.7. The van der Waals surface area contributed by atoms with E-state index in [1.165, 1.54) is 199 Å². The Balaban J connectivity index is 5.22. The van der Waals surface area contributed by atoms with Crippen molar-refractivity contribution < 1.29 is 80.2 Å². The molecule has 0 bridgehead atoms. The minimum atomic E-state index is -4.95. The first kappa shape index (κ1) is 89.1. The third-order valence-electron chi connectivity index (χ3n) is 17.1. The molecule has 0 aromatic heterocycles. The Morgan fingerprint density at radius 2 is 0.527 bits per heavy atom. The zero-order chi connectivity index (χ0) is 67.0. The second-order valence-corrected chi connectivity index (χ2v) is 29.1. The molecule has 0 spiro atoms. The van der Waals surface area contributed by atoms with Crippen molar-refractivity contribution in [3.8, 4) is 0 Å². The van der Waals surface area contributed by atoms with Crippen LogP contribution < -0.4 is 0 Å². The van der Waals surface area contributed by atoms with Crippen LogP contribution in [0.2, 0.25) is 0 Å². The molecule has 0 saturated carbocycles. The summed E-state index contributed by atoms with van der Waals surface area (Å²) in [4.78, 5) is 72.6. The van der Waals surface area contributed by atoms with Gasteiger partial charge in [-0.3, -0.25) is 37.3 Å². The lowest BCUT2D eigenvalue weighted by Crippen LogP contribution is -2.30. The first-order chi connectivity index (χ1) is 44.1. The Morgan fingerprint density at radius 1 is 0.308 bits per heavy atom. The number of carbonyl (C=O) groups is 4. The molecule has 91 heavy (non-hydrogen) atoms. The van der Waals surface area contributed by atoms with Crippen LogP contribution in [-0.2, 0) is 65.4 Å². The van der Waals surface area contributed by atoms with Crippen molar-refractivity contribution in [2.75, 3.05) is 39.6 Å². The van der Waals surface area contributed by atoms with Crippen LogP contribution in [0.25, 0.3) is 0 Å². The Morgan fingerprint density at radius 3 is 0.780 bits per heavy atom. The number of phosphoric acid groups is 2. The number of aliphatic hydroxyl groups is 1. The maximum Gasteiger partial charge on any atom is 0.472 e. The highest BCUT2D eigenvalue weighted by atomic mass is 31.2. The van der Waals surface area contributed by atoms with Gasteiger partial charge in [-0.05, 0) is 31.6 Å². The highest BCUT2D eigenvalue weighted by Gasteiger charge is 2.30. The molecular formula is C72H140O17P2. The van der Waals surface area contributed by atoms with Gasteiger partial charge in [-0.2, -0.15) is 0 Å². The maximum absolute atomic E-state index is 13.0. The number of phosphoric ester groups is 2. The van der Waals surface area contributed by atoms with Gasteiger partial charge >= 0.3 is 39.5 Å². The van der Waals surface area contributed by atoms with Crippen molar-refractivity contribution in [1.29, 1.82) is 0 Å². The van der Waals surface area contributed by atoms with Gasteiger partial charge in [0.1, 0.15) is 19.3 Å². The maximum atomic E-state index is 13.0. The van der Waals surface area contributed by atoms with Crippen LogP contribution in [0.5, 0.6) is 0 Å². The first-order valence-corrected chi connectivity index (χ1v) is 40.7. The van der Waals surface area contributed by atoms with E-state index in [1.54, 1.807) is 0 Å². The van der Waals surface area contributed by atoms with Crippen LogP contribution in [0, 0.1) is 5.92 Å². The minimum Gasteiger partial charge on any atom is -0.462 e. The molecule has 0 aliphatic carbocycles. The van der Waals surface area contributed by atoms with Crippen LogP contribution in [0.15, 0.2) is 0 Å². The first-order valence-electron chi connectivity index (χ1n) is 37.7. The van der Waals surface area contributed by atoms with Crippen LogP contribution >= 0.6 is 15.6 Å². The van der Waals surface area contributed by atoms with E-state index in [0.717, 1.165) is 95.8 Å². The van der Waals surface area contributed by atoms with Gasteiger partial charge in [-0.15, -0.1) is 0 Å². The quantitative estimate of drug-likeness (QED) is 0.0222. The van der Waals surface area contributed by atoms with Gasteiger partial charge in [0.15, 0.2) is 12.2 Å². The molecule has 0 heterocycles. The number of esters is 4. The molecule has 6 atom stereocenters. The average molecular weight is 1340 g/mol. The normalized spacial score (nSPS) is 14.3. The summed E-state index contributed by atoms with van der Waals surface area (Å²) in [6.45, 7) is 7.21. The second-order valence-electron chi connectivity index (χ2n) is 26.2. The van der Waals surface area contributed by atoms with Crippen molar-refractivity contribution in [3.63, 3.8) is 0 Å². The second kappa shape index (κ2) is 65.4. The smallest absolute Gasteiger partial charge is 0.462 e. The fraction of sp³-hybridized carbons (Fsp3) is 0.944. The molecule has 0 radical (unpaired) electrons. The molecule has 17 nitrogen and oxygen atoms in total. The molecule has 0 amide bonds. The zero-order valence-electron chi connectivity index (χ0n) is 59.0. The lowest BCUT2D eigenvalue weighted by atomic mass is 10.00. The fourth-order valence-electron chi connectivity index (χ4n) is 11.0. The van der Waals surface area contributed by atoms with Gasteiger partial charge in [0, 0.05) is 25.7 Å². The minimum absolute atomic E-state index is 0.103. The van der Waals surface area contributed by atoms with Gasteiger partial charge in [0.2, 0.25) is 0 Å². The molecule has 0 saturated heterocycles. The van der Waals surface area contributed by atoms with Crippen molar-refractivity contribution in [2.24, 2.45) is 5.92 Å². The summed E-state index contributed by atoms with van der Waals surface area (Å²) in [6, 6.07) is 0. The molecule has 0 aromatic rings. The van der Waals surface area contributed by atoms with Crippen LogP contribution in [0.4, 0.5) is 0 Å². The highest BCUT2D eigenvalue weighted by molar-refractivity contribution is 7.47. The van der Waals surface area contributed by atoms with E-state index in [2.05, 4.69) is 34.6 Å². The van der Waals surface area contributed by atoms with E-state index in [1.807, 2.05) is 0 Å². The number of carbonyl (C=O) groups excluding carboxylic acids is 4. The van der Waals surface area contributed by atoms with Gasteiger partial charge < -0.3 is 33.8 Å². The van der Waals surface area contributed by atoms with E-state index >= 15 is 0 Å². The van der Waals surface area contributed by atoms with Gasteiger partial charge in [-0.25, -0.2) is 9.13 Å². The summed E-state index contributed by atoms with van der Waals surface area (Å²) in [7, 11) is -9.90. The number of hydrogen-bond donors (Lipinski definition) is 3. The van der Waals surface area contributed by atoms with Gasteiger partial charge in [0.25, 0.3) is 0 Å². The predicted molar refractivity (Wildman–Crippen MR) is 368 cm³/mol. The summed E-state index contributed by atoms with van der Waals surface area (Å²) < 4.78 is 68.3. The topological polar surface area (TPSA) is 237 Å². The van der Waals surface area contributed by atoms with Crippen LogP contribution in [0.1, 0.15) is 375 Å². The van der Waals surface area contributed by atoms with Gasteiger partial charge in [-0.1, -0.05) is 324 Å². The molecule has 0 aliphatic heterocycles. The molecule has 3 unspecified atom stereocenters. The van der Waals surface area contributed by atoms with Crippen molar-refractivity contribution >= 4 is 39.5 Å². The monoisotopic (exact) mass is 1340 g/mol. The Labute approximate surface area is 556 Å². The lowest BCUT2D eigenvalue weighted by molar-refractivity contribution is -0.161. The molecule has 540 valence electrons. The third kappa shape index (κ3) is 65.1. The molecule has 0 aliphatic rings. The van der Waals surface area contributed by atoms with Crippen molar-refractivity contribution in [3.05, 3.63) is 0 Å². The van der Waals surface area contributed by atoms with Crippen LogP contribution in [0.3, 0.4) is 0 Å².